The summed E-state index contributed by atoms with van der Waals surface area (Å²) >= 11 is 0. The van der Waals surface area contributed by atoms with Crippen LogP contribution in [0.1, 0.15) is 117 Å². The molecule has 4 aliphatic carbocycles. The number of unbranched alkanes of at least 4 members (excludes halogenated alkanes) is 7. The summed E-state index contributed by atoms with van der Waals surface area (Å²) in [6.07, 6.45) is 13.2. The number of ketones is 2. The number of fused-ring (bicyclic) bond motifs is 5. The van der Waals surface area contributed by atoms with Crippen LogP contribution in [-0.2, 0) is 23.9 Å². The van der Waals surface area contributed by atoms with Crippen LogP contribution in [0, 0.1) is 28.6 Å². The topological polar surface area (TPSA) is 139 Å². The fraction of sp³-hybridized carbons (Fsp3) is 0.824. The Kier molecular flexibility index (Phi) is 11.1. The first kappa shape index (κ1) is 33.6. The number of carbonyl (C=O) groups is 4. The van der Waals surface area contributed by atoms with E-state index in [0.717, 1.165) is 69.8 Å². The van der Waals surface area contributed by atoms with Crippen molar-refractivity contribution >= 4 is 23.6 Å². The van der Waals surface area contributed by atoms with Crippen molar-refractivity contribution < 1.29 is 38.9 Å². The molecule has 3 N–H and O–H groups in total. The summed E-state index contributed by atoms with van der Waals surface area (Å²) in [7, 11) is 1.41. The normalized spacial score (nSPS) is 34.8. The molecule has 242 valence electrons. The average Bonchev–Trinajstić information content (AvgIpc) is 3.25. The van der Waals surface area contributed by atoms with Gasteiger partial charge in [-0.05, 0) is 68.1 Å². The molecule has 6 unspecified atom stereocenters. The van der Waals surface area contributed by atoms with E-state index in [9.17, 15) is 29.4 Å². The van der Waals surface area contributed by atoms with Crippen molar-refractivity contribution in [2.45, 2.75) is 128 Å². The molecule has 4 aliphatic rings. The molecule has 0 spiro atoms. The number of carbonyl (C=O) groups excluding carboxylic acids is 4. The van der Waals surface area contributed by atoms with Crippen molar-refractivity contribution in [1.82, 2.24) is 5.32 Å². The number of rotatable bonds is 14. The molecule has 0 radical (unpaired) electrons. The molecule has 7 atom stereocenters. The molecule has 4 rings (SSSR count). The molecule has 9 nitrogen and oxygen atoms in total. The summed E-state index contributed by atoms with van der Waals surface area (Å²) in [5.74, 6) is -0.175. The van der Waals surface area contributed by atoms with E-state index in [-0.39, 0.29) is 34.9 Å². The number of alkyl carbamates (subject to hydrolysis) is 1. The van der Waals surface area contributed by atoms with Crippen molar-refractivity contribution in [1.29, 1.82) is 0 Å². The van der Waals surface area contributed by atoms with Crippen molar-refractivity contribution in [3.63, 3.8) is 0 Å². The Hall–Kier alpha value is -2.26. The summed E-state index contributed by atoms with van der Waals surface area (Å²) in [4.78, 5) is 49.0. The molecule has 3 saturated carbocycles. The van der Waals surface area contributed by atoms with Gasteiger partial charge in [0.1, 0.15) is 11.4 Å². The molecule has 0 bridgehead atoms. The third kappa shape index (κ3) is 7.03. The highest BCUT2D eigenvalue weighted by molar-refractivity contribution is 5.91. The van der Waals surface area contributed by atoms with Gasteiger partial charge in [0.15, 0.2) is 6.61 Å². The summed E-state index contributed by atoms with van der Waals surface area (Å²) in [5, 5.41) is 26.0. The number of ether oxygens (including phenoxy) is 2. The first-order valence-corrected chi connectivity index (χ1v) is 16.6. The lowest BCUT2D eigenvalue weighted by Crippen LogP contribution is -2.62. The third-order valence-corrected chi connectivity index (χ3v) is 11.6. The van der Waals surface area contributed by atoms with Gasteiger partial charge in [-0.2, -0.15) is 0 Å². The Morgan fingerprint density at radius 2 is 1.70 bits per heavy atom. The Morgan fingerprint density at radius 3 is 2.40 bits per heavy atom. The molecule has 0 heterocycles. The predicted molar refractivity (Wildman–Crippen MR) is 161 cm³/mol. The molecule has 43 heavy (non-hydrogen) atoms. The maximum atomic E-state index is 13.4. The van der Waals surface area contributed by atoms with Crippen LogP contribution < -0.4 is 5.32 Å². The molecule has 3 fully saturated rings. The van der Waals surface area contributed by atoms with E-state index in [1.807, 2.05) is 6.92 Å². The van der Waals surface area contributed by atoms with E-state index in [1.165, 1.54) is 7.11 Å². The lowest BCUT2D eigenvalue weighted by atomic mass is 9.46. The second-order valence-electron chi connectivity index (χ2n) is 14.1. The van der Waals surface area contributed by atoms with Gasteiger partial charge in [0.2, 0.25) is 5.78 Å². The summed E-state index contributed by atoms with van der Waals surface area (Å²) in [6, 6.07) is 0. The third-order valence-electron chi connectivity index (χ3n) is 11.6. The number of amides is 1. The number of Topliss-reactive ketones (excluding diaryl/α,β-unsaturated/α-hetero) is 2. The van der Waals surface area contributed by atoms with Crippen LogP contribution in [0.15, 0.2) is 11.6 Å². The van der Waals surface area contributed by atoms with Gasteiger partial charge in [-0.15, -0.1) is 0 Å². The Labute approximate surface area is 256 Å². The maximum absolute atomic E-state index is 13.4. The van der Waals surface area contributed by atoms with Gasteiger partial charge in [-0.1, -0.05) is 64.0 Å². The van der Waals surface area contributed by atoms with Crippen LogP contribution in [0.3, 0.4) is 0 Å². The molecule has 0 saturated heterocycles. The predicted octanol–water partition coefficient (Wildman–Crippen LogP) is 5.20. The number of aliphatic hydroxyl groups excluding tert-OH is 1. The number of hydrogen-bond donors (Lipinski definition) is 3. The summed E-state index contributed by atoms with van der Waals surface area (Å²) in [5.41, 5.74) is -1.54. The molecular formula is C34H53NO8. The quantitative estimate of drug-likeness (QED) is 0.140. The number of aliphatic hydroxyl groups is 2. The second kappa shape index (κ2) is 14.2. The van der Waals surface area contributed by atoms with Gasteiger partial charge in [0.05, 0.1) is 13.2 Å². The highest BCUT2D eigenvalue weighted by atomic mass is 16.6. The molecule has 0 aromatic heterocycles. The van der Waals surface area contributed by atoms with Crippen molar-refractivity contribution in [3.8, 4) is 0 Å². The highest BCUT2D eigenvalue weighted by Crippen LogP contribution is 2.67. The molecule has 0 aromatic rings. The molecule has 1 amide bonds. The fourth-order valence-electron chi connectivity index (χ4n) is 9.12. The Bertz CT molecular complexity index is 1070. The zero-order valence-corrected chi connectivity index (χ0v) is 26.5. The first-order chi connectivity index (χ1) is 20.5. The minimum atomic E-state index is -1.66. The van der Waals surface area contributed by atoms with Gasteiger partial charge in [0, 0.05) is 31.2 Å². The van der Waals surface area contributed by atoms with Crippen molar-refractivity contribution in [3.05, 3.63) is 11.6 Å². The maximum Gasteiger partial charge on any atom is 0.407 e. The monoisotopic (exact) mass is 603 g/mol. The van der Waals surface area contributed by atoms with Gasteiger partial charge < -0.3 is 25.0 Å². The summed E-state index contributed by atoms with van der Waals surface area (Å²) in [6.45, 7) is 4.08. The van der Waals surface area contributed by atoms with Crippen molar-refractivity contribution in [2.75, 3.05) is 20.3 Å². The largest absolute Gasteiger partial charge is 0.469 e. The fourth-order valence-corrected chi connectivity index (χ4v) is 9.12. The van der Waals surface area contributed by atoms with Crippen LogP contribution in [0.2, 0.25) is 0 Å². The number of esters is 1. The zero-order valence-electron chi connectivity index (χ0n) is 26.5. The van der Waals surface area contributed by atoms with E-state index in [1.54, 1.807) is 0 Å². The Balaban J connectivity index is 1.19. The molecule has 9 heteroatoms. The second-order valence-corrected chi connectivity index (χ2v) is 14.1. The van der Waals surface area contributed by atoms with E-state index >= 15 is 0 Å². The van der Waals surface area contributed by atoms with E-state index in [4.69, 9.17) is 4.74 Å². The van der Waals surface area contributed by atoms with Crippen molar-refractivity contribution in [2.24, 2.45) is 28.6 Å². The van der Waals surface area contributed by atoms with Gasteiger partial charge >= 0.3 is 12.1 Å². The van der Waals surface area contributed by atoms with Crippen LogP contribution >= 0.6 is 0 Å². The zero-order chi connectivity index (χ0) is 31.3. The minimum absolute atomic E-state index is 0.0104. The SMILES string of the molecule is COC(=O)CCCCCCCCCCNC(=O)OCC(=O)[C@@]1(O)CCC2C3CC=C4CC(=O)CCC4(C)C3C(O)CC21C. The van der Waals surface area contributed by atoms with Crippen LogP contribution in [0.5, 0.6) is 0 Å². The molecular weight excluding hydrogens is 550 g/mol. The van der Waals surface area contributed by atoms with Gasteiger partial charge in [0.25, 0.3) is 0 Å². The lowest BCUT2D eigenvalue weighted by Gasteiger charge is -2.59. The highest BCUT2D eigenvalue weighted by Gasteiger charge is 2.68. The Morgan fingerprint density at radius 1 is 1.02 bits per heavy atom. The molecule has 0 aromatic carbocycles. The minimum Gasteiger partial charge on any atom is -0.469 e. The van der Waals surface area contributed by atoms with Gasteiger partial charge in [-0.3, -0.25) is 14.4 Å². The van der Waals surface area contributed by atoms with Crippen LogP contribution in [-0.4, -0.2) is 65.8 Å². The number of allylic oxidation sites excluding steroid dienone is 2. The number of nitrogens with one attached hydrogen (secondary N) is 1. The number of hydrogen-bond acceptors (Lipinski definition) is 8. The van der Waals surface area contributed by atoms with Gasteiger partial charge in [-0.25, -0.2) is 4.79 Å². The first-order valence-electron chi connectivity index (χ1n) is 16.6. The number of methoxy groups -OCH3 is 1. The molecule has 0 aliphatic heterocycles. The van der Waals surface area contributed by atoms with Crippen LogP contribution in [0.4, 0.5) is 4.79 Å². The van der Waals surface area contributed by atoms with E-state index in [0.29, 0.717) is 45.1 Å². The average molecular weight is 604 g/mol. The lowest BCUT2D eigenvalue weighted by molar-refractivity contribution is -0.180. The smallest absolute Gasteiger partial charge is 0.407 e. The van der Waals surface area contributed by atoms with E-state index in [2.05, 4.69) is 23.1 Å². The van der Waals surface area contributed by atoms with E-state index < -0.39 is 35.6 Å². The van der Waals surface area contributed by atoms with Crippen LogP contribution in [0.25, 0.3) is 0 Å². The standard InChI is InChI=1S/C34H53NO8/c1-32-17-15-24(36)20-23(32)13-14-25-26-16-18-34(41,33(26,2)21-27(37)30(25)32)28(38)22-43-31(40)35-19-11-9-7-5-4-6-8-10-12-29(39)42-3/h13,25-27,30,37,41H,4-12,14-22H2,1-3H3,(H,35,40)/t25?,26?,27?,30?,32?,33?,34-/m0/s1. The summed E-state index contributed by atoms with van der Waals surface area (Å²) < 4.78 is 9.89.